The molecule has 0 spiro atoms. The van der Waals surface area contributed by atoms with Gasteiger partial charge in [0, 0.05) is 62.2 Å². The van der Waals surface area contributed by atoms with Gasteiger partial charge in [-0.1, -0.05) is 48.5 Å². The Hall–Kier alpha value is -4.68. The van der Waals surface area contributed by atoms with Crippen LogP contribution in [0, 0.1) is 28.7 Å². The molecule has 1 unspecified atom stereocenters. The highest BCUT2D eigenvalue weighted by molar-refractivity contribution is 5.50. The van der Waals surface area contributed by atoms with Gasteiger partial charge in [-0.15, -0.1) is 0 Å². The van der Waals surface area contributed by atoms with E-state index in [4.69, 9.17) is 5.73 Å². The predicted octanol–water partition coefficient (Wildman–Crippen LogP) is 3.58. The van der Waals surface area contributed by atoms with E-state index in [-0.39, 0.29) is 23.5 Å². The third-order valence-electron chi connectivity index (χ3n) is 7.86. The molecule has 1 fully saturated rings. The van der Waals surface area contributed by atoms with Crippen molar-refractivity contribution in [3.63, 3.8) is 0 Å². The second kappa shape index (κ2) is 12.7. The minimum absolute atomic E-state index is 0.0227. The molecule has 1 atom stereocenters. The molecular weight excluding hydrogens is 558 g/mol. The lowest BCUT2D eigenvalue weighted by Gasteiger charge is -2.37. The van der Waals surface area contributed by atoms with Gasteiger partial charge in [-0.25, -0.2) is 13.6 Å². The van der Waals surface area contributed by atoms with Crippen molar-refractivity contribution >= 4 is 11.4 Å². The van der Waals surface area contributed by atoms with E-state index in [1.807, 2.05) is 29.2 Å². The molecule has 0 saturated carbocycles. The van der Waals surface area contributed by atoms with Gasteiger partial charge < -0.3 is 10.6 Å². The van der Waals surface area contributed by atoms with Crippen LogP contribution in [0.5, 0.6) is 0 Å². The quantitative estimate of drug-likeness (QED) is 0.234. The van der Waals surface area contributed by atoms with Crippen LogP contribution >= 0.6 is 0 Å². The first-order chi connectivity index (χ1) is 20.6. The number of hydrogen-bond acceptors (Lipinski definition) is 7. The molecule has 1 aliphatic rings. The van der Waals surface area contributed by atoms with Gasteiger partial charge in [-0.05, 0) is 30.2 Å². The number of rotatable bonds is 9. The molecule has 1 aliphatic heterocycles. The fraction of sp³-hybridized carbons (Fsp3) is 0.290. The Labute approximate surface area is 246 Å². The van der Waals surface area contributed by atoms with Gasteiger partial charge in [0.1, 0.15) is 17.3 Å². The van der Waals surface area contributed by atoms with E-state index in [0.29, 0.717) is 38.4 Å². The maximum absolute atomic E-state index is 14.7. The summed E-state index contributed by atoms with van der Waals surface area (Å²) in [4.78, 5) is 42.4. The van der Waals surface area contributed by atoms with Crippen LogP contribution in [0.25, 0.3) is 0 Å². The fourth-order valence-electron chi connectivity index (χ4n) is 5.50. The molecule has 1 saturated heterocycles. The number of halogens is 2. The number of nitrogens with zero attached hydrogens (tertiary/aromatic N) is 5. The van der Waals surface area contributed by atoms with Gasteiger partial charge in [-0.2, -0.15) is 0 Å². The largest absolute Gasteiger partial charge is 0.363 e. The van der Waals surface area contributed by atoms with Gasteiger partial charge in [-0.3, -0.25) is 28.9 Å². The van der Waals surface area contributed by atoms with Crippen LogP contribution in [0.2, 0.25) is 0 Å². The highest BCUT2D eigenvalue weighted by Crippen LogP contribution is 2.22. The van der Waals surface area contributed by atoms with Crippen LogP contribution in [0.3, 0.4) is 0 Å². The SMILES string of the molecule is Cc1c(N2CCN(Cc3cccc([N+](=O)[O-])c3)CC2)c(=O)n(CC(N)c2ccccc2)c(=O)n1Cc1c(F)cccc1F. The standard InChI is InChI=1S/C31H32F2N6O4/c1-21-29(36-15-13-35(14-16-36)18-22-7-5-10-24(17-22)39(42)43)30(40)38(20-28(34)23-8-3-2-4-9-23)31(41)37(21)19-25-26(32)11-6-12-27(25)33/h2-12,17,28H,13-16,18-20,34H2,1H3. The Morgan fingerprint density at radius 2 is 1.53 bits per heavy atom. The number of anilines is 1. The fourth-order valence-corrected chi connectivity index (χ4v) is 5.50. The topological polar surface area (TPSA) is 120 Å². The van der Waals surface area contributed by atoms with Gasteiger partial charge in [0.25, 0.3) is 11.2 Å². The van der Waals surface area contributed by atoms with Gasteiger partial charge in [0.2, 0.25) is 0 Å². The third-order valence-corrected chi connectivity index (χ3v) is 7.86. The third kappa shape index (κ3) is 6.40. The van der Waals surface area contributed by atoms with Crippen molar-refractivity contribution < 1.29 is 13.7 Å². The molecule has 5 rings (SSSR count). The van der Waals surface area contributed by atoms with E-state index in [1.165, 1.54) is 16.7 Å². The average Bonchev–Trinajstić information content (AvgIpc) is 3.00. The Kier molecular flexibility index (Phi) is 8.78. The van der Waals surface area contributed by atoms with Crippen LogP contribution in [0.1, 0.15) is 28.4 Å². The van der Waals surface area contributed by atoms with Crippen molar-refractivity contribution in [3.05, 3.63) is 138 Å². The van der Waals surface area contributed by atoms with Crippen molar-refractivity contribution in [1.82, 2.24) is 14.0 Å². The Bertz CT molecular complexity index is 1730. The second-order valence-electron chi connectivity index (χ2n) is 10.6. The molecule has 0 amide bonds. The van der Waals surface area contributed by atoms with Crippen LogP contribution in [0.4, 0.5) is 20.2 Å². The molecule has 224 valence electrons. The summed E-state index contributed by atoms with van der Waals surface area (Å²) in [6.45, 7) is 3.54. The van der Waals surface area contributed by atoms with E-state index in [9.17, 15) is 28.5 Å². The minimum Gasteiger partial charge on any atom is -0.363 e. The zero-order valence-electron chi connectivity index (χ0n) is 23.7. The van der Waals surface area contributed by atoms with Crippen LogP contribution in [-0.4, -0.2) is 45.1 Å². The summed E-state index contributed by atoms with van der Waals surface area (Å²) in [5.41, 5.74) is 7.04. The molecule has 10 nitrogen and oxygen atoms in total. The molecule has 0 bridgehead atoms. The summed E-state index contributed by atoms with van der Waals surface area (Å²) >= 11 is 0. The lowest BCUT2D eigenvalue weighted by Crippen LogP contribution is -2.51. The Morgan fingerprint density at radius 3 is 2.19 bits per heavy atom. The molecule has 2 N–H and O–H groups in total. The molecule has 1 aromatic heterocycles. The predicted molar refractivity (Wildman–Crippen MR) is 159 cm³/mol. The molecule has 43 heavy (non-hydrogen) atoms. The van der Waals surface area contributed by atoms with E-state index >= 15 is 0 Å². The van der Waals surface area contributed by atoms with Crippen LogP contribution in [0.15, 0.2) is 82.4 Å². The minimum atomic E-state index is -0.790. The maximum atomic E-state index is 14.7. The first kappa shape index (κ1) is 29.8. The zero-order valence-corrected chi connectivity index (χ0v) is 23.7. The van der Waals surface area contributed by atoms with Crippen molar-refractivity contribution in [2.75, 3.05) is 31.1 Å². The van der Waals surface area contributed by atoms with Crippen molar-refractivity contribution in [2.45, 2.75) is 32.6 Å². The number of non-ortho nitro benzene ring substituents is 1. The summed E-state index contributed by atoms with van der Waals surface area (Å²) in [6.07, 6.45) is 0. The lowest BCUT2D eigenvalue weighted by molar-refractivity contribution is -0.384. The molecule has 12 heteroatoms. The van der Waals surface area contributed by atoms with E-state index in [2.05, 4.69) is 4.90 Å². The normalized spacial score (nSPS) is 14.6. The summed E-state index contributed by atoms with van der Waals surface area (Å²) in [5, 5.41) is 11.2. The summed E-state index contributed by atoms with van der Waals surface area (Å²) < 4.78 is 31.6. The molecule has 0 aliphatic carbocycles. The number of benzene rings is 3. The first-order valence-corrected chi connectivity index (χ1v) is 13.9. The summed E-state index contributed by atoms with van der Waals surface area (Å²) in [5.74, 6) is -1.58. The number of nitrogens with two attached hydrogens (primary N) is 1. The van der Waals surface area contributed by atoms with Gasteiger partial charge in [0.05, 0.1) is 18.0 Å². The molecular formula is C31H32F2N6O4. The molecule has 3 aromatic carbocycles. The maximum Gasteiger partial charge on any atom is 0.331 e. The monoisotopic (exact) mass is 590 g/mol. The van der Waals surface area contributed by atoms with E-state index < -0.39 is 40.4 Å². The first-order valence-electron chi connectivity index (χ1n) is 13.9. The van der Waals surface area contributed by atoms with Crippen molar-refractivity contribution in [2.24, 2.45) is 5.73 Å². The molecule has 4 aromatic rings. The van der Waals surface area contributed by atoms with Crippen molar-refractivity contribution in [1.29, 1.82) is 0 Å². The second-order valence-corrected chi connectivity index (χ2v) is 10.6. The Morgan fingerprint density at radius 1 is 0.884 bits per heavy atom. The number of nitro groups is 1. The lowest BCUT2D eigenvalue weighted by atomic mass is 10.1. The van der Waals surface area contributed by atoms with E-state index in [0.717, 1.165) is 27.8 Å². The van der Waals surface area contributed by atoms with Crippen LogP contribution < -0.4 is 21.9 Å². The molecule has 2 heterocycles. The smallest absolute Gasteiger partial charge is 0.331 e. The molecule has 0 radical (unpaired) electrons. The van der Waals surface area contributed by atoms with Crippen LogP contribution in [-0.2, 0) is 19.6 Å². The Balaban J connectivity index is 1.48. The number of hydrogen-bond donors (Lipinski definition) is 1. The number of piperazine rings is 1. The highest BCUT2D eigenvalue weighted by Gasteiger charge is 2.27. The zero-order chi connectivity index (χ0) is 30.7. The van der Waals surface area contributed by atoms with Gasteiger partial charge >= 0.3 is 5.69 Å². The number of aromatic nitrogens is 2. The van der Waals surface area contributed by atoms with Crippen molar-refractivity contribution in [3.8, 4) is 0 Å². The summed E-state index contributed by atoms with van der Waals surface area (Å²) in [6, 6.07) is 18.4. The van der Waals surface area contributed by atoms with Gasteiger partial charge in [0.15, 0.2) is 0 Å². The summed E-state index contributed by atoms with van der Waals surface area (Å²) in [7, 11) is 0. The average molecular weight is 591 g/mol. The number of nitro benzene ring substituents is 1. The van der Waals surface area contributed by atoms with E-state index in [1.54, 1.807) is 31.2 Å². The highest BCUT2D eigenvalue weighted by atomic mass is 19.1.